The van der Waals surface area contributed by atoms with E-state index in [1.807, 2.05) is 97.1 Å². The predicted octanol–water partition coefficient (Wildman–Crippen LogP) is 10.1. The van der Waals surface area contributed by atoms with E-state index in [4.69, 9.17) is 19.7 Å². The zero-order valence-corrected chi connectivity index (χ0v) is 23.7. The molecule has 5 nitrogen and oxygen atoms in total. The molecule has 8 rings (SSSR count). The molecule has 208 valence electrons. The predicted molar refractivity (Wildman–Crippen MR) is 176 cm³/mol. The second-order valence-electron chi connectivity index (χ2n) is 10.5. The number of hydrogen-bond donors (Lipinski definition) is 0. The summed E-state index contributed by atoms with van der Waals surface area (Å²) >= 11 is 0. The van der Waals surface area contributed by atoms with Crippen LogP contribution >= 0.6 is 0 Å². The molecular formula is C39H26N4O. The third-order valence-electron chi connectivity index (χ3n) is 7.69. The number of fused-ring (bicyclic) bond motifs is 2. The lowest BCUT2D eigenvalue weighted by Gasteiger charge is -2.33. The van der Waals surface area contributed by atoms with Gasteiger partial charge in [-0.05, 0) is 53.6 Å². The molecule has 6 aromatic carbocycles. The molecule has 0 amide bonds. The standard InChI is InChI=1S/C39H26N4O/c1-4-13-27(14-5-1)37-40-38(28-15-6-2-7-16-28)42-39(41-37)31-18-12-17-29(25-31)30-23-24-34-36(26-30)44-35-22-11-10-21-33(35)43(34)32-19-8-3-9-20-32/h1-26H. The van der Waals surface area contributed by atoms with Gasteiger partial charge in [0.1, 0.15) is 0 Å². The number of hydrogen-bond acceptors (Lipinski definition) is 5. The zero-order chi connectivity index (χ0) is 29.3. The number of ether oxygens (including phenoxy) is 1. The van der Waals surface area contributed by atoms with Crippen molar-refractivity contribution in [3.05, 3.63) is 158 Å². The number of anilines is 3. The van der Waals surface area contributed by atoms with Crippen LogP contribution in [0.2, 0.25) is 0 Å². The third kappa shape index (κ3) is 4.76. The highest BCUT2D eigenvalue weighted by Gasteiger charge is 2.26. The summed E-state index contributed by atoms with van der Waals surface area (Å²) in [6.45, 7) is 0. The Kier molecular flexibility index (Phi) is 6.39. The normalized spacial score (nSPS) is 11.8. The van der Waals surface area contributed by atoms with E-state index in [1.165, 1.54) is 0 Å². The molecule has 0 spiro atoms. The summed E-state index contributed by atoms with van der Waals surface area (Å²) in [5.41, 5.74) is 7.97. The Morgan fingerprint density at radius 2 is 0.864 bits per heavy atom. The first-order valence-electron chi connectivity index (χ1n) is 14.5. The maximum Gasteiger partial charge on any atom is 0.164 e. The van der Waals surface area contributed by atoms with E-state index in [1.54, 1.807) is 0 Å². The van der Waals surface area contributed by atoms with Crippen LogP contribution in [0.25, 0.3) is 45.3 Å². The van der Waals surface area contributed by atoms with Crippen molar-refractivity contribution in [3.8, 4) is 56.8 Å². The summed E-state index contributed by atoms with van der Waals surface area (Å²) in [4.78, 5) is 16.9. The largest absolute Gasteiger partial charge is 0.453 e. The van der Waals surface area contributed by atoms with Crippen LogP contribution in [-0.4, -0.2) is 15.0 Å². The Bertz CT molecular complexity index is 2040. The lowest BCUT2D eigenvalue weighted by Crippen LogP contribution is -2.15. The smallest absolute Gasteiger partial charge is 0.164 e. The Labute approximate surface area is 255 Å². The first kappa shape index (κ1) is 25.6. The van der Waals surface area contributed by atoms with Crippen LogP contribution in [0.5, 0.6) is 11.5 Å². The van der Waals surface area contributed by atoms with Gasteiger partial charge in [-0.2, -0.15) is 0 Å². The minimum atomic E-state index is 0.623. The molecule has 44 heavy (non-hydrogen) atoms. The molecule has 5 heteroatoms. The average molecular weight is 567 g/mol. The molecule has 0 atom stereocenters. The number of para-hydroxylation sites is 3. The molecule has 0 bridgehead atoms. The monoisotopic (exact) mass is 566 g/mol. The van der Waals surface area contributed by atoms with Crippen molar-refractivity contribution >= 4 is 17.1 Å². The van der Waals surface area contributed by atoms with Crippen LogP contribution in [0.15, 0.2) is 158 Å². The van der Waals surface area contributed by atoms with Gasteiger partial charge < -0.3 is 9.64 Å². The zero-order valence-electron chi connectivity index (χ0n) is 23.7. The minimum absolute atomic E-state index is 0.623. The topological polar surface area (TPSA) is 51.1 Å². The van der Waals surface area contributed by atoms with Crippen molar-refractivity contribution in [1.82, 2.24) is 15.0 Å². The Hall–Kier alpha value is -6.07. The fourth-order valence-electron chi connectivity index (χ4n) is 5.57. The molecular weight excluding hydrogens is 540 g/mol. The molecule has 1 aliphatic heterocycles. The summed E-state index contributed by atoms with van der Waals surface area (Å²) in [7, 11) is 0. The van der Waals surface area contributed by atoms with Crippen LogP contribution in [0.1, 0.15) is 0 Å². The van der Waals surface area contributed by atoms with Crippen LogP contribution < -0.4 is 9.64 Å². The van der Waals surface area contributed by atoms with E-state index in [9.17, 15) is 0 Å². The molecule has 0 saturated carbocycles. The van der Waals surface area contributed by atoms with Gasteiger partial charge in [-0.3, -0.25) is 0 Å². The number of rotatable bonds is 5. The number of nitrogens with zero attached hydrogens (tertiary/aromatic N) is 4. The van der Waals surface area contributed by atoms with E-state index >= 15 is 0 Å². The van der Waals surface area contributed by atoms with Gasteiger partial charge in [0.15, 0.2) is 29.0 Å². The first-order chi connectivity index (χ1) is 21.8. The van der Waals surface area contributed by atoms with Crippen molar-refractivity contribution in [2.45, 2.75) is 0 Å². The van der Waals surface area contributed by atoms with E-state index in [2.05, 4.69) is 65.6 Å². The van der Waals surface area contributed by atoms with Crippen LogP contribution in [0, 0.1) is 0 Å². The maximum absolute atomic E-state index is 6.46. The quantitative estimate of drug-likeness (QED) is 0.207. The molecule has 2 heterocycles. The average Bonchev–Trinajstić information content (AvgIpc) is 3.11. The van der Waals surface area contributed by atoms with Gasteiger partial charge in [-0.1, -0.05) is 115 Å². The van der Waals surface area contributed by atoms with Gasteiger partial charge in [0.2, 0.25) is 0 Å². The third-order valence-corrected chi connectivity index (χ3v) is 7.69. The first-order valence-corrected chi connectivity index (χ1v) is 14.5. The molecule has 0 aliphatic carbocycles. The van der Waals surface area contributed by atoms with Crippen molar-refractivity contribution in [2.24, 2.45) is 0 Å². The van der Waals surface area contributed by atoms with Gasteiger partial charge in [0, 0.05) is 22.4 Å². The molecule has 0 unspecified atom stereocenters. The summed E-state index contributed by atoms with van der Waals surface area (Å²) in [5, 5.41) is 0. The van der Waals surface area contributed by atoms with E-state index in [0.717, 1.165) is 56.4 Å². The second kappa shape index (κ2) is 11.0. The molecule has 0 fully saturated rings. The lowest BCUT2D eigenvalue weighted by atomic mass is 10.0. The fraction of sp³-hybridized carbons (Fsp3) is 0. The Morgan fingerprint density at radius 3 is 1.55 bits per heavy atom. The van der Waals surface area contributed by atoms with E-state index < -0.39 is 0 Å². The van der Waals surface area contributed by atoms with Gasteiger partial charge in [0.25, 0.3) is 0 Å². The highest BCUT2D eigenvalue weighted by Crippen LogP contribution is 2.51. The van der Waals surface area contributed by atoms with Gasteiger partial charge in [-0.25, -0.2) is 15.0 Å². The summed E-state index contributed by atoms with van der Waals surface area (Å²) < 4.78 is 6.46. The van der Waals surface area contributed by atoms with E-state index in [0.29, 0.717) is 17.5 Å². The number of benzene rings is 6. The Balaban J connectivity index is 1.21. The van der Waals surface area contributed by atoms with Gasteiger partial charge in [0.05, 0.1) is 11.4 Å². The maximum atomic E-state index is 6.46. The van der Waals surface area contributed by atoms with Crippen molar-refractivity contribution in [1.29, 1.82) is 0 Å². The molecule has 7 aromatic rings. The summed E-state index contributed by atoms with van der Waals surface area (Å²) in [5.74, 6) is 3.52. The molecule has 1 aromatic heterocycles. The lowest BCUT2D eigenvalue weighted by molar-refractivity contribution is 0.477. The molecule has 0 saturated heterocycles. The van der Waals surface area contributed by atoms with Crippen LogP contribution in [-0.2, 0) is 0 Å². The molecule has 0 N–H and O–H groups in total. The fourth-order valence-corrected chi connectivity index (χ4v) is 5.57. The highest BCUT2D eigenvalue weighted by atomic mass is 16.5. The van der Waals surface area contributed by atoms with Gasteiger partial charge in [-0.15, -0.1) is 0 Å². The second-order valence-corrected chi connectivity index (χ2v) is 10.5. The Morgan fingerprint density at radius 1 is 0.364 bits per heavy atom. The SMILES string of the molecule is c1ccc(-c2nc(-c3ccccc3)nc(-c3cccc(-c4ccc5c(c4)Oc4ccccc4N5c4ccccc4)c3)n2)cc1. The minimum Gasteiger partial charge on any atom is -0.453 e. The highest BCUT2D eigenvalue weighted by molar-refractivity contribution is 5.88. The molecule has 1 aliphatic rings. The van der Waals surface area contributed by atoms with Crippen molar-refractivity contribution in [3.63, 3.8) is 0 Å². The van der Waals surface area contributed by atoms with E-state index in [-0.39, 0.29) is 0 Å². The van der Waals surface area contributed by atoms with Crippen LogP contribution in [0.3, 0.4) is 0 Å². The van der Waals surface area contributed by atoms with Crippen LogP contribution in [0.4, 0.5) is 17.1 Å². The number of aromatic nitrogens is 3. The van der Waals surface area contributed by atoms with Crippen molar-refractivity contribution in [2.75, 3.05) is 4.90 Å². The van der Waals surface area contributed by atoms with Gasteiger partial charge >= 0.3 is 0 Å². The van der Waals surface area contributed by atoms with Crippen molar-refractivity contribution < 1.29 is 4.74 Å². The summed E-state index contributed by atoms with van der Waals surface area (Å²) in [6.07, 6.45) is 0. The summed E-state index contributed by atoms with van der Waals surface area (Å²) in [6, 6.07) is 53.3. The molecule has 0 radical (unpaired) electrons.